The van der Waals surface area contributed by atoms with E-state index in [1.165, 1.54) is 18.2 Å². The van der Waals surface area contributed by atoms with Gasteiger partial charge in [-0.25, -0.2) is 8.42 Å². The van der Waals surface area contributed by atoms with Crippen molar-refractivity contribution in [3.63, 3.8) is 0 Å². The normalized spacial score (nSPS) is 12.2. The third-order valence-corrected chi connectivity index (χ3v) is 5.02. The highest BCUT2D eigenvalue weighted by atomic mass is 32.2. The number of amides is 1. The summed E-state index contributed by atoms with van der Waals surface area (Å²) in [5, 5.41) is 0. The molecule has 1 N–H and O–H groups in total. The number of nitrogens with one attached hydrogen (secondary N) is 1. The van der Waals surface area contributed by atoms with Crippen LogP contribution in [0.4, 0.5) is 0 Å². The first-order valence-electron chi connectivity index (χ1n) is 8.77. The smallest absolute Gasteiger partial charge is 0.261 e. The first-order valence-corrected chi connectivity index (χ1v) is 10.3. The molecule has 0 atom stereocenters. The van der Waals surface area contributed by atoms with E-state index in [1.54, 1.807) is 35.3 Å². The van der Waals surface area contributed by atoms with Gasteiger partial charge in [-0.1, -0.05) is 32.6 Å². The lowest BCUT2D eigenvalue weighted by molar-refractivity contribution is 0.0755. The highest BCUT2D eigenvalue weighted by Crippen LogP contribution is 2.14. The molecule has 0 aliphatic rings. The maximum atomic E-state index is 12.6. The summed E-state index contributed by atoms with van der Waals surface area (Å²) in [4.78, 5) is 14.4. The number of allylic oxidation sites excluding steroid dienone is 4. The van der Waals surface area contributed by atoms with E-state index in [9.17, 15) is 13.2 Å². The highest BCUT2D eigenvalue weighted by molar-refractivity contribution is 7.89. The Labute approximate surface area is 157 Å². The summed E-state index contributed by atoms with van der Waals surface area (Å²) in [6, 6.07) is 6.00. The van der Waals surface area contributed by atoms with Crippen molar-refractivity contribution in [2.45, 2.75) is 38.5 Å². The lowest BCUT2D eigenvalue weighted by Crippen LogP contribution is -2.32. The Balaban J connectivity index is 3.01. The summed E-state index contributed by atoms with van der Waals surface area (Å²) < 4.78 is 27.4. The van der Waals surface area contributed by atoms with Gasteiger partial charge in [-0.15, -0.1) is 0 Å². The van der Waals surface area contributed by atoms with Crippen molar-refractivity contribution in [3.05, 3.63) is 66.4 Å². The predicted octanol–water partition coefficient (Wildman–Crippen LogP) is 3.87. The molecule has 0 aliphatic carbocycles. The van der Waals surface area contributed by atoms with Crippen molar-refractivity contribution in [1.29, 1.82) is 0 Å². The average molecular weight is 377 g/mol. The molecule has 1 rings (SSSR count). The van der Waals surface area contributed by atoms with Crippen LogP contribution >= 0.6 is 0 Å². The molecule has 0 radical (unpaired) electrons. The molecule has 26 heavy (non-hydrogen) atoms. The van der Waals surface area contributed by atoms with Gasteiger partial charge in [0, 0.05) is 24.4 Å². The standard InChI is InChI=1S/C20H28N2O3S/c1-5-9-10-18(8-4)21-26(24,25)19-13-11-17(12-14-19)20(23)22(15-6-2)16-7-3/h5,8-14,21H,4,6-7,15-16H2,1-3H3. The van der Waals surface area contributed by atoms with Gasteiger partial charge in [-0.2, -0.15) is 0 Å². The molecule has 0 saturated carbocycles. The summed E-state index contributed by atoms with van der Waals surface area (Å²) >= 11 is 0. The van der Waals surface area contributed by atoms with Crippen LogP contribution in [0.5, 0.6) is 0 Å². The van der Waals surface area contributed by atoms with Gasteiger partial charge in [-0.05, 0) is 56.2 Å². The molecular weight excluding hydrogens is 348 g/mol. The van der Waals surface area contributed by atoms with Gasteiger partial charge >= 0.3 is 0 Å². The third-order valence-electron chi connectivity index (χ3n) is 3.63. The van der Waals surface area contributed by atoms with Crippen molar-refractivity contribution in [2.75, 3.05) is 13.1 Å². The van der Waals surface area contributed by atoms with E-state index in [0.29, 0.717) is 24.4 Å². The first-order chi connectivity index (χ1) is 12.4. The largest absolute Gasteiger partial charge is 0.339 e. The van der Waals surface area contributed by atoms with Crippen LogP contribution < -0.4 is 4.72 Å². The maximum absolute atomic E-state index is 12.6. The predicted molar refractivity (Wildman–Crippen MR) is 106 cm³/mol. The summed E-state index contributed by atoms with van der Waals surface area (Å²) in [5.41, 5.74) is 0.861. The molecule has 0 bridgehead atoms. The fraction of sp³-hybridized carbons (Fsp3) is 0.350. The van der Waals surface area contributed by atoms with Gasteiger partial charge in [0.25, 0.3) is 15.9 Å². The summed E-state index contributed by atoms with van der Waals surface area (Å²) in [7, 11) is -3.73. The number of sulfonamides is 1. The first kappa shape index (κ1) is 21.7. The second-order valence-electron chi connectivity index (χ2n) is 5.77. The minimum absolute atomic E-state index is 0.0784. The average Bonchev–Trinajstić information content (AvgIpc) is 2.64. The van der Waals surface area contributed by atoms with Crippen LogP contribution in [0, 0.1) is 0 Å². The van der Waals surface area contributed by atoms with Gasteiger partial charge in [-0.3, -0.25) is 9.52 Å². The van der Waals surface area contributed by atoms with Gasteiger partial charge < -0.3 is 4.90 Å². The SMILES string of the molecule is C=CC(=CC=CC)NS(=O)(=O)c1ccc(C(=O)N(CCC)CCC)cc1. The summed E-state index contributed by atoms with van der Waals surface area (Å²) in [5.74, 6) is -0.0784. The van der Waals surface area contributed by atoms with Crippen LogP contribution in [0.3, 0.4) is 0 Å². The highest BCUT2D eigenvalue weighted by Gasteiger charge is 2.17. The Bertz CT molecular complexity index is 757. The number of carbonyl (C=O) groups is 1. The molecule has 1 amide bonds. The van der Waals surface area contributed by atoms with E-state index in [1.807, 2.05) is 20.8 Å². The van der Waals surface area contributed by atoms with Crippen molar-refractivity contribution < 1.29 is 13.2 Å². The molecular formula is C20H28N2O3S. The van der Waals surface area contributed by atoms with Crippen LogP contribution in [-0.2, 0) is 10.0 Å². The number of hydrogen-bond acceptors (Lipinski definition) is 3. The summed E-state index contributed by atoms with van der Waals surface area (Å²) in [6.07, 6.45) is 8.32. The quantitative estimate of drug-likeness (QED) is 0.630. The minimum atomic E-state index is -3.73. The Morgan fingerprint density at radius 1 is 1.15 bits per heavy atom. The topological polar surface area (TPSA) is 66.5 Å². The number of carbonyl (C=O) groups excluding carboxylic acids is 1. The zero-order chi connectivity index (χ0) is 19.6. The van der Waals surface area contributed by atoms with Crippen molar-refractivity contribution in [2.24, 2.45) is 0 Å². The molecule has 0 saturated heterocycles. The Morgan fingerprint density at radius 3 is 2.19 bits per heavy atom. The van der Waals surface area contributed by atoms with E-state index >= 15 is 0 Å². The molecule has 5 nitrogen and oxygen atoms in total. The molecule has 0 fully saturated rings. The number of benzene rings is 1. The van der Waals surface area contributed by atoms with Crippen molar-refractivity contribution in [1.82, 2.24) is 9.62 Å². The molecule has 142 valence electrons. The second kappa shape index (κ2) is 10.6. The third kappa shape index (κ3) is 6.19. The van der Waals surface area contributed by atoms with Crippen LogP contribution in [0.15, 0.2) is 65.7 Å². The maximum Gasteiger partial charge on any atom is 0.261 e. The Kier molecular flexibility index (Phi) is 8.85. The lowest BCUT2D eigenvalue weighted by atomic mass is 10.2. The monoisotopic (exact) mass is 376 g/mol. The van der Waals surface area contributed by atoms with Gasteiger partial charge in [0.1, 0.15) is 0 Å². The van der Waals surface area contributed by atoms with Crippen LogP contribution in [-0.4, -0.2) is 32.3 Å². The Morgan fingerprint density at radius 2 is 1.73 bits per heavy atom. The second-order valence-corrected chi connectivity index (χ2v) is 7.46. The Hall–Kier alpha value is -2.34. The molecule has 0 aliphatic heterocycles. The molecule has 6 heteroatoms. The van der Waals surface area contributed by atoms with E-state index < -0.39 is 10.0 Å². The number of rotatable bonds is 10. The van der Waals surface area contributed by atoms with E-state index in [2.05, 4.69) is 11.3 Å². The van der Waals surface area contributed by atoms with Crippen LogP contribution in [0.25, 0.3) is 0 Å². The van der Waals surface area contributed by atoms with Crippen molar-refractivity contribution >= 4 is 15.9 Å². The summed E-state index contributed by atoms with van der Waals surface area (Å²) in [6.45, 7) is 10.9. The molecule has 0 aromatic heterocycles. The number of hydrogen-bond donors (Lipinski definition) is 1. The van der Waals surface area contributed by atoms with E-state index in [0.717, 1.165) is 12.8 Å². The van der Waals surface area contributed by atoms with Gasteiger partial charge in [0.15, 0.2) is 0 Å². The van der Waals surface area contributed by atoms with E-state index in [-0.39, 0.29) is 10.8 Å². The fourth-order valence-corrected chi connectivity index (χ4v) is 3.45. The molecule has 0 heterocycles. The molecule has 1 aromatic rings. The number of nitrogens with zero attached hydrogens (tertiary/aromatic N) is 1. The zero-order valence-electron chi connectivity index (χ0n) is 15.7. The minimum Gasteiger partial charge on any atom is -0.339 e. The molecule has 0 spiro atoms. The van der Waals surface area contributed by atoms with Crippen LogP contribution in [0.2, 0.25) is 0 Å². The van der Waals surface area contributed by atoms with Crippen molar-refractivity contribution in [3.8, 4) is 0 Å². The fourth-order valence-electron chi connectivity index (χ4n) is 2.37. The van der Waals surface area contributed by atoms with Crippen LogP contribution in [0.1, 0.15) is 44.0 Å². The molecule has 0 unspecified atom stereocenters. The lowest BCUT2D eigenvalue weighted by Gasteiger charge is -2.21. The molecule has 1 aromatic carbocycles. The zero-order valence-corrected chi connectivity index (χ0v) is 16.6. The van der Waals surface area contributed by atoms with Gasteiger partial charge in [0.2, 0.25) is 0 Å². The van der Waals surface area contributed by atoms with Gasteiger partial charge in [0.05, 0.1) is 4.90 Å². The van der Waals surface area contributed by atoms with E-state index in [4.69, 9.17) is 0 Å².